The van der Waals surface area contributed by atoms with Crippen molar-refractivity contribution in [1.82, 2.24) is 10.2 Å². The number of hydrogen-bond acceptors (Lipinski definition) is 5. The Labute approximate surface area is 143 Å². The standard InChI is InChI=1S/C16H18N4O5/c1-10-4-5-11(12(8-10)20(24)25)17-13(21)9-19-14(22)16(18-15(19)23)6-2-3-7-16/h4-5,8H,2-3,6-7,9H2,1H3,(H,17,21)(H,18,23). The molecule has 9 heteroatoms. The highest BCUT2D eigenvalue weighted by molar-refractivity contribution is 6.10. The summed E-state index contributed by atoms with van der Waals surface area (Å²) < 4.78 is 0. The lowest BCUT2D eigenvalue weighted by molar-refractivity contribution is -0.384. The molecule has 1 saturated heterocycles. The van der Waals surface area contributed by atoms with E-state index in [4.69, 9.17) is 0 Å². The van der Waals surface area contributed by atoms with E-state index >= 15 is 0 Å². The fourth-order valence-electron chi connectivity index (χ4n) is 3.37. The summed E-state index contributed by atoms with van der Waals surface area (Å²) in [4.78, 5) is 48.2. The number of anilines is 1. The van der Waals surface area contributed by atoms with Crippen LogP contribution in [0.4, 0.5) is 16.2 Å². The first-order chi connectivity index (χ1) is 11.8. The smallest absolute Gasteiger partial charge is 0.323 e. The number of carbonyl (C=O) groups is 3. The van der Waals surface area contributed by atoms with E-state index in [0.29, 0.717) is 18.4 Å². The van der Waals surface area contributed by atoms with Crippen molar-refractivity contribution in [2.24, 2.45) is 0 Å². The number of aryl methyl sites for hydroxylation is 1. The normalized spacial score (nSPS) is 18.5. The Bertz CT molecular complexity index is 770. The van der Waals surface area contributed by atoms with Crippen LogP contribution in [-0.2, 0) is 9.59 Å². The summed E-state index contributed by atoms with van der Waals surface area (Å²) >= 11 is 0. The van der Waals surface area contributed by atoms with Crippen molar-refractivity contribution in [3.63, 3.8) is 0 Å². The number of amides is 4. The number of nitrogens with one attached hydrogen (secondary N) is 2. The minimum Gasteiger partial charge on any atom is -0.323 e. The van der Waals surface area contributed by atoms with Gasteiger partial charge in [0.15, 0.2) is 0 Å². The lowest BCUT2D eigenvalue weighted by atomic mass is 9.98. The Morgan fingerprint density at radius 2 is 2.04 bits per heavy atom. The molecule has 25 heavy (non-hydrogen) atoms. The van der Waals surface area contributed by atoms with Gasteiger partial charge in [-0.1, -0.05) is 18.9 Å². The molecule has 9 nitrogen and oxygen atoms in total. The molecule has 1 aliphatic carbocycles. The minimum absolute atomic E-state index is 0.0308. The number of hydrogen-bond donors (Lipinski definition) is 2. The van der Waals surface area contributed by atoms with Crippen molar-refractivity contribution >= 4 is 29.2 Å². The zero-order chi connectivity index (χ0) is 18.2. The van der Waals surface area contributed by atoms with Crippen molar-refractivity contribution in [3.8, 4) is 0 Å². The number of benzene rings is 1. The van der Waals surface area contributed by atoms with Gasteiger partial charge in [-0.05, 0) is 31.4 Å². The van der Waals surface area contributed by atoms with Crippen molar-refractivity contribution < 1.29 is 19.3 Å². The minimum atomic E-state index is -0.882. The van der Waals surface area contributed by atoms with Gasteiger partial charge in [0.25, 0.3) is 11.6 Å². The third-order valence-electron chi connectivity index (χ3n) is 4.63. The van der Waals surface area contributed by atoms with Gasteiger partial charge >= 0.3 is 6.03 Å². The molecule has 0 unspecified atom stereocenters. The summed E-state index contributed by atoms with van der Waals surface area (Å²) in [7, 11) is 0. The lowest BCUT2D eigenvalue weighted by Gasteiger charge is -2.19. The fraction of sp³-hybridized carbons (Fsp3) is 0.438. The molecule has 0 aromatic heterocycles. The van der Waals surface area contributed by atoms with E-state index in [9.17, 15) is 24.5 Å². The van der Waals surface area contributed by atoms with Crippen LogP contribution < -0.4 is 10.6 Å². The Morgan fingerprint density at radius 3 is 2.68 bits per heavy atom. The molecule has 0 radical (unpaired) electrons. The van der Waals surface area contributed by atoms with E-state index in [2.05, 4.69) is 10.6 Å². The highest BCUT2D eigenvalue weighted by Crippen LogP contribution is 2.35. The summed E-state index contributed by atoms with van der Waals surface area (Å²) in [6.07, 6.45) is 2.83. The zero-order valence-corrected chi connectivity index (χ0v) is 13.7. The van der Waals surface area contributed by atoms with E-state index in [0.717, 1.165) is 17.7 Å². The Kier molecular flexibility index (Phi) is 4.15. The first kappa shape index (κ1) is 16.9. The van der Waals surface area contributed by atoms with Gasteiger partial charge in [0.05, 0.1) is 4.92 Å². The molecular weight excluding hydrogens is 328 g/mol. The van der Waals surface area contributed by atoms with Crippen LogP contribution in [0.25, 0.3) is 0 Å². The van der Waals surface area contributed by atoms with Crippen molar-refractivity contribution in [3.05, 3.63) is 33.9 Å². The van der Waals surface area contributed by atoms with Gasteiger partial charge in [0.2, 0.25) is 5.91 Å². The second kappa shape index (κ2) is 6.15. The Hall–Kier alpha value is -2.97. The summed E-state index contributed by atoms with van der Waals surface area (Å²) in [5, 5.41) is 16.2. The molecule has 3 rings (SSSR count). The number of rotatable bonds is 4. The van der Waals surface area contributed by atoms with Crippen LogP contribution in [-0.4, -0.2) is 39.8 Å². The molecule has 132 valence electrons. The zero-order valence-electron chi connectivity index (χ0n) is 13.7. The molecular formula is C16H18N4O5. The average Bonchev–Trinajstić information content (AvgIpc) is 3.10. The highest BCUT2D eigenvalue weighted by Gasteiger charge is 2.52. The molecule has 1 saturated carbocycles. The Balaban J connectivity index is 1.72. The number of urea groups is 1. The summed E-state index contributed by atoms with van der Waals surface area (Å²) in [6.45, 7) is 1.23. The van der Waals surface area contributed by atoms with Gasteiger partial charge in [-0.15, -0.1) is 0 Å². The molecule has 2 fully saturated rings. The molecule has 2 aliphatic rings. The number of carbonyl (C=O) groups excluding carboxylic acids is 3. The number of nitro benzene ring substituents is 1. The van der Waals surface area contributed by atoms with Crippen LogP contribution in [0.15, 0.2) is 18.2 Å². The first-order valence-corrected chi connectivity index (χ1v) is 8.01. The van der Waals surface area contributed by atoms with Gasteiger partial charge in [-0.2, -0.15) is 0 Å². The van der Waals surface area contributed by atoms with Crippen LogP contribution in [0.2, 0.25) is 0 Å². The third-order valence-corrected chi connectivity index (χ3v) is 4.63. The van der Waals surface area contributed by atoms with Crippen LogP contribution in [0.3, 0.4) is 0 Å². The second-order valence-corrected chi connectivity index (χ2v) is 6.44. The topological polar surface area (TPSA) is 122 Å². The first-order valence-electron chi connectivity index (χ1n) is 8.01. The van der Waals surface area contributed by atoms with Crippen molar-refractivity contribution in [2.45, 2.75) is 38.1 Å². The van der Waals surface area contributed by atoms with E-state index in [1.54, 1.807) is 13.0 Å². The molecule has 2 N–H and O–H groups in total. The van der Waals surface area contributed by atoms with E-state index in [1.807, 2.05) is 0 Å². The fourth-order valence-corrected chi connectivity index (χ4v) is 3.37. The van der Waals surface area contributed by atoms with Crippen molar-refractivity contribution in [1.29, 1.82) is 0 Å². The molecule has 1 aromatic rings. The highest BCUT2D eigenvalue weighted by atomic mass is 16.6. The number of nitro groups is 1. The second-order valence-electron chi connectivity index (χ2n) is 6.44. The summed E-state index contributed by atoms with van der Waals surface area (Å²) in [6, 6.07) is 3.80. The molecule has 1 spiro atoms. The third kappa shape index (κ3) is 3.04. The summed E-state index contributed by atoms with van der Waals surface area (Å²) in [5.74, 6) is -1.06. The van der Waals surface area contributed by atoms with Crippen LogP contribution in [0.5, 0.6) is 0 Å². The van der Waals surface area contributed by atoms with Crippen molar-refractivity contribution in [2.75, 3.05) is 11.9 Å². The van der Waals surface area contributed by atoms with Gasteiger partial charge in [0, 0.05) is 6.07 Å². The predicted octanol–water partition coefficient (Wildman–Crippen LogP) is 1.71. The SMILES string of the molecule is Cc1ccc(NC(=O)CN2C(=O)NC3(CCCC3)C2=O)c([N+](=O)[O-])c1. The van der Waals surface area contributed by atoms with Gasteiger partial charge in [0.1, 0.15) is 17.8 Å². The van der Waals surface area contributed by atoms with E-state index < -0.39 is 34.9 Å². The molecule has 0 atom stereocenters. The Morgan fingerprint density at radius 1 is 1.36 bits per heavy atom. The maximum atomic E-state index is 12.5. The summed E-state index contributed by atoms with van der Waals surface area (Å²) in [5.41, 5.74) is -0.407. The molecule has 1 aromatic carbocycles. The number of imide groups is 1. The maximum Gasteiger partial charge on any atom is 0.325 e. The maximum absolute atomic E-state index is 12.5. The molecule has 4 amide bonds. The van der Waals surface area contributed by atoms with Gasteiger partial charge < -0.3 is 10.6 Å². The van der Waals surface area contributed by atoms with E-state index in [1.165, 1.54) is 12.1 Å². The van der Waals surface area contributed by atoms with Gasteiger partial charge in [-0.25, -0.2) is 4.79 Å². The van der Waals surface area contributed by atoms with Crippen LogP contribution in [0.1, 0.15) is 31.2 Å². The number of nitrogens with zero attached hydrogens (tertiary/aromatic N) is 2. The quantitative estimate of drug-likeness (QED) is 0.488. The lowest BCUT2D eigenvalue weighted by Crippen LogP contribution is -2.44. The monoisotopic (exact) mass is 346 g/mol. The molecule has 0 bridgehead atoms. The molecule has 1 heterocycles. The van der Waals surface area contributed by atoms with E-state index in [-0.39, 0.29) is 11.4 Å². The van der Waals surface area contributed by atoms with Gasteiger partial charge in [-0.3, -0.25) is 24.6 Å². The van der Waals surface area contributed by atoms with Crippen LogP contribution >= 0.6 is 0 Å². The molecule has 1 aliphatic heterocycles. The predicted molar refractivity (Wildman–Crippen MR) is 87.9 cm³/mol. The largest absolute Gasteiger partial charge is 0.325 e. The van der Waals surface area contributed by atoms with Crippen LogP contribution in [0, 0.1) is 17.0 Å². The average molecular weight is 346 g/mol.